The Morgan fingerprint density at radius 3 is 2.64 bits per heavy atom. The molecule has 9 nitrogen and oxygen atoms in total. The summed E-state index contributed by atoms with van der Waals surface area (Å²) in [6, 6.07) is 1.90. The van der Waals surface area contributed by atoms with Gasteiger partial charge in [-0.1, -0.05) is 38.8 Å². The number of cyclic esters (lactones) is 2. The summed E-state index contributed by atoms with van der Waals surface area (Å²) in [5.74, 6) is -0.637. The van der Waals surface area contributed by atoms with Gasteiger partial charge in [-0.2, -0.15) is 0 Å². The van der Waals surface area contributed by atoms with Crippen molar-refractivity contribution in [2.75, 3.05) is 6.61 Å². The van der Waals surface area contributed by atoms with Crippen molar-refractivity contribution in [2.24, 2.45) is 27.6 Å². The lowest BCUT2D eigenvalue weighted by atomic mass is 9.33. The predicted octanol–water partition coefficient (Wildman–Crippen LogP) is 4.15. The van der Waals surface area contributed by atoms with Crippen molar-refractivity contribution in [3.63, 3.8) is 0 Å². The number of Topliss-reactive ketones (excluding diaryl/α,β-unsaturated/α-hetero) is 1. The molecule has 0 radical (unpaired) electrons. The van der Waals surface area contributed by atoms with Crippen LogP contribution in [0.2, 0.25) is 0 Å². The van der Waals surface area contributed by atoms with E-state index in [9.17, 15) is 19.5 Å². The molecule has 0 amide bonds. The number of hydrogen-bond acceptors (Lipinski definition) is 9. The van der Waals surface area contributed by atoms with Crippen LogP contribution in [0.25, 0.3) is 0 Å². The summed E-state index contributed by atoms with van der Waals surface area (Å²) in [5.41, 5.74) is -5.23. The second-order valence-corrected chi connectivity index (χ2v) is 14.6. The second-order valence-electron chi connectivity index (χ2n) is 14.6. The zero-order valence-electron chi connectivity index (χ0n) is 24.8. The number of carbonyl (C=O) groups is 3. The maximum atomic E-state index is 14.8. The van der Waals surface area contributed by atoms with E-state index >= 15 is 0 Å². The molecule has 10 unspecified atom stereocenters. The zero-order valence-corrected chi connectivity index (χ0v) is 24.8. The van der Waals surface area contributed by atoms with Crippen molar-refractivity contribution in [3.05, 3.63) is 35.8 Å². The van der Waals surface area contributed by atoms with Gasteiger partial charge < -0.3 is 28.5 Å². The number of aliphatic hydroxyl groups is 1. The molecule has 5 heterocycles. The largest absolute Gasteiger partial charge is 0.469 e. The SMILES string of the molecule is CCCCCc1occc1C1OC(=O)C2OC23C1(C)CCC1C24COC(=O)CC2OC(C)(C)C42C=CCC13C(O)C2=O. The number of aliphatic hydroxyl groups excluding tert-OH is 1. The molecular formula is C33H40O9. The molecule has 4 spiro atoms. The molecule has 4 aliphatic heterocycles. The van der Waals surface area contributed by atoms with Crippen LogP contribution in [0.1, 0.15) is 90.1 Å². The topological polar surface area (TPSA) is 125 Å². The minimum Gasteiger partial charge on any atom is -0.469 e. The molecule has 9 heteroatoms. The first-order valence-corrected chi connectivity index (χ1v) is 15.7. The van der Waals surface area contributed by atoms with Gasteiger partial charge in [-0.25, -0.2) is 4.79 Å². The summed E-state index contributed by atoms with van der Waals surface area (Å²) in [6.45, 7) is 8.05. The third-order valence-corrected chi connectivity index (χ3v) is 12.9. The Bertz CT molecular complexity index is 1430. The predicted molar refractivity (Wildman–Crippen MR) is 146 cm³/mol. The number of ketones is 1. The second kappa shape index (κ2) is 8.16. The highest BCUT2D eigenvalue weighted by Gasteiger charge is 2.94. The summed E-state index contributed by atoms with van der Waals surface area (Å²) < 4.78 is 31.2. The highest BCUT2D eigenvalue weighted by Crippen LogP contribution is 2.84. The molecule has 1 N–H and O–H groups in total. The normalized spacial score (nSPS) is 49.2. The Hall–Kier alpha value is -2.49. The van der Waals surface area contributed by atoms with Crippen LogP contribution in [-0.2, 0) is 39.8 Å². The van der Waals surface area contributed by atoms with E-state index in [0.717, 1.165) is 37.0 Å². The fourth-order valence-electron chi connectivity index (χ4n) is 11.4. The van der Waals surface area contributed by atoms with E-state index in [4.69, 9.17) is 23.4 Å². The summed E-state index contributed by atoms with van der Waals surface area (Å²) >= 11 is 0. The first-order valence-electron chi connectivity index (χ1n) is 15.7. The molecule has 6 fully saturated rings. The van der Waals surface area contributed by atoms with E-state index in [1.807, 2.05) is 32.1 Å². The number of rotatable bonds is 5. The fraction of sp³-hybridized carbons (Fsp3) is 0.727. The molecule has 226 valence electrons. The maximum absolute atomic E-state index is 14.8. The summed E-state index contributed by atoms with van der Waals surface area (Å²) in [5, 5.41) is 12.4. The van der Waals surface area contributed by atoms with Gasteiger partial charge in [0.05, 0.1) is 35.2 Å². The maximum Gasteiger partial charge on any atom is 0.339 e. The van der Waals surface area contributed by atoms with E-state index in [-0.39, 0.29) is 30.7 Å². The van der Waals surface area contributed by atoms with E-state index in [1.54, 1.807) is 6.26 Å². The number of epoxide rings is 1. The third-order valence-electron chi connectivity index (χ3n) is 12.9. The van der Waals surface area contributed by atoms with Crippen molar-refractivity contribution < 1.29 is 42.9 Å². The Labute approximate surface area is 245 Å². The van der Waals surface area contributed by atoms with E-state index in [1.165, 1.54) is 0 Å². The van der Waals surface area contributed by atoms with Crippen molar-refractivity contribution in [1.29, 1.82) is 0 Å². The minimum atomic E-state index is -1.40. The highest BCUT2D eigenvalue weighted by molar-refractivity contribution is 5.97. The van der Waals surface area contributed by atoms with Gasteiger partial charge >= 0.3 is 11.9 Å². The Morgan fingerprint density at radius 1 is 1.05 bits per heavy atom. The van der Waals surface area contributed by atoms with Crippen LogP contribution in [-0.4, -0.2) is 58.9 Å². The van der Waals surface area contributed by atoms with Gasteiger partial charge in [-0.15, -0.1) is 0 Å². The first kappa shape index (κ1) is 27.1. The average Bonchev–Trinajstić information content (AvgIpc) is 3.57. The minimum absolute atomic E-state index is 0.0315. The molecule has 2 bridgehead atoms. The van der Waals surface area contributed by atoms with Gasteiger partial charge in [0, 0.05) is 22.8 Å². The Morgan fingerprint density at radius 2 is 1.86 bits per heavy atom. The molecule has 4 saturated heterocycles. The number of carbonyl (C=O) groups excluding carboxylic acids is 3. The number of hydrogen-bond donors (Lipinski definition) is 1. The van der Waals surface area contributed by atoms with Crippen LogP contribution >= 0.6 is 0 Å². The van der Waals surface area contributed by atoms with Gasteiger partial charge in [-0.05, 0) is 51.5 Å². The summed E-state index contributed by atoms with van der Waals surface area (Å²) in [7, 11) is 0. The Kier molecular flexibility index (Phi) is 5.26. The van der Waals surface area contributed by atoms with Crippen molar-refractivity contribution >= 4 is 17.7 Å². The number of ether oxygens (including phenoxy) is 4. The van der Waals surface area contributed by atoms with Gasteiger partial charge in [0.15, 0.2) is 11.9 Å². The van der Waals surface area contributed by atoms with Crippen LogP contribution in [0.4, 0.5) is 0 Å². The molecular weight excluding hydrogens is 540 g/mol. The third kappa shape index (κ3) is 2.61. The van der Waals surface area contributed by atoms with Crippen LogP contribution in [0.15, 0.2) is 28.9 Å². The van der Waals surface area contributed by atoms with Gasteiger partial charge in [0.2, 0.25) is 0 Å². The molecule has 0 aromatic carbocycles. The number of fused-ring (bicyclic) bond motifs is 2. The molecule has 42 heavy (non-hydrogen) atoms. The van der Waals surface area contributed by atoms with Crippen LogP contribution in [0.3, 0.4) is 0 Å². The monoisotopic (exact) mass is 580 g/mol. The van der Waals surface area contributed by atoms with Crippen molar-refractivity contribution in [2.45, 2.75) is 115 Å². The van der Waals surface area contributed by atoms with Crippen molar-refractivity contribution in [1.82, 2.24) is 0 Å². The zero-order chi connectivity index (χ0) is 29.5. The number of esters is 2. The number of aryl methyl sites for hydroxylation is 1. The van der Waals surface area contributed by atoms with E-state index < -0.39 is 63.2 Å². The van der Waals surface area contributed by atoms with Gasteiger partial charge in [0.1, 0.15) is 30.2 Å². The molecule has 8 aliphatic rings. The number of allylic oxidation sites excluding steroid dienone is 1. The van der Waals surface area contributed by atoms with E-state index in [2.05, 4.69) is 13.8 Å². The van der Waals surface area contributed by atoms with Crippen LogP contribution < -0.4 is 0 Å². The number of unbranched alkanes of at least 4 members (excludes halogenated alkanes) is 2. The lowest BCUT2D eigenvalue weighted by molar-refractivity contribution is -0.262. The van der Waals surface area contributed by atoms with Crippen molar-refractivity contribution in [3.8, 4) is 0 Å². The van der Waals surface area contributed by atoms with E-state index in [0.29, 0.717) is 19.3 Å². The smallest absolute Gasteiger partial charge is 0.339 e. The molecule has 9 rings (SSSR count). The standard InChI is InChI=1S/C33H40O9/c1-5-6-7-9-19-18(11-15-38-19)25-29(4)14-10-20-30(33(29)26(42-33)27(37)40-25)12-8-13-32(24(36)23(30)35)28(2,3)41-21-16-22(34)39-17-31(20,21)32/h8,11,13,15,20-21,23,25-26,35H,5-7,9-10,12,14,16-17H2,1-4H3. The molecule has 1 aromatic rings. The highest BCUT2D eigenvalue weighted by atomic mass is 16.7. The van der Waals surface area contributed by atoms with Gasteiger partial charge in [-0.3, -0.25) is 9.59 Å². The lowest BCUT2D eigenvalue weighted by Crippen LogP contribution is -2.79. The summed E-state index contributed by atoms with van der Waals surface area (Å²) in [4.78, 5) is 41.2. The Balaban J connectivity index is 1.32. The van der Waals surface area contributed by atoms with Gasteiger partial charge in [0.25, 0.3) is 0 Å². The quantitative estimate of drug-likeness (QED) is 0.237. The van der Waals surface area contributed by atoms with Crippen LogP contribution in [0, 0.1) is 27.6 Å². The lowest BCUT2D eigenvalue weighted by Gasteiger charge is -2.68. The molecule has 4 aliphatic carbocycles. The fourth-order valence-corrected chi connectivity index (χ4v) is 11.4. The van der Waals surface area contributed by atoms with Crippen LogP contribution in [0.5, 0.6) is 0 Å². The summed E-state index contributed by atoms with van der Waals surface area (Å²) in [6.07, 6.45) is 7.62. The molecule has 10 atom stereocenters. The number of furan rings is 1. The molecule has 2 saturated carbocycles. The molecule has 1 aromatic heterocycles. The average molecular weight is 581 g/mol. The first-order chi connectivity index (χ1) is 20.0.